The Morgan fingerprint density at radius 2 is 2.24 bits per heavy atom. The van der Waals surface area contributed by atoms with Crippen LogP contribution in [0.15, 0.2) is 18.2 Å². The van der Waals surface area contributed by atoms with E-state index in [0.29, 0.717) is 24.2 Å². The van der Waals surface area contributed by atoms with Crippen molar-refractivity contribution in [2.45, 2.75) is 19.3 Å². The number of hydrogen-bond donors (Lipinski definition) is 1. The van der Waals surface area contributed by atoms with Crippen LogP contribution >= 0.6 is 0 Å². The molecule has 92 valence electrons. The minimum Gasteiger partial charge on any atom is -0.496 e. The number of aryl methyl sites for hydroxylation is 1. The van der Waals surface area contributed by atoms with Crippen LogP contribution < -0.4 is 4.74 Å². The van der Waals surface area contributed by atoms with Crippen LogP contribution in [0.25, 0.3) is 0 Å². The summed E-state index contributed by atoms with van der Waals surface area (Å²) in [6.07, 6.45) is 0.899. The largest absolute Gasteiger partial charge is 0.496 e. The number of carbonyl (C=O) groups is 1. The number of ether oxygens (including phenoxy) is 1. The van der Waals surface area contributed by atoms with Crippen LogP contribution in [0.3, 0.4) is 0 Å². The zero-order valence-corrected chi connectivity index (χ0v) is 9.38. The van der Waals surface area contributed by atoms with Gasteiger partial charge in [0.2, 0.25) is 0 Å². The van der Waals surface area contributed by atoms with Crippen LogP contribution in [-0.2, 0) is 11.2 Å². The van der Waals surface area contributed by atoms with Gasteiger partial charge in [0, 0.05) is 24.1 Å². The smallest absolute Gasteiger partial charge is 0.303 e. The normalized spacial score (nSPS) is 9.94. The quantitative estimate of drug-likeness (QED) is 0.605. The van der Waals surface area contributed by atoms with Gasteiger partial charge >= 0.3 is 5.97 Å². The Labute approximate surface area is 98.0 Å². The predicted molar refractivity (Wildman–Crippen MR) is 60.2 cm³/mol. The van der Waals surface area contributed by atoms with Crippen molar-refractivity contribution in [2.75, 3.05) is 7.11 Å². The molecule has 1 aromatic rings. The topological polar surface area (TPSA) is 89.7 Å². The molecule has 1 N–H and O–H groups in total. The lowest BCUT2D eigenvalue weighted by Crippen LogP contribution is -1.99. The fourth-order valence-corrected chi connectivity index (χ4v) is 1.50. The highest BCUT2D eigenvalue weighted by molar-refractivity contribution is 5.66. The fraction of sp³-hybridized carbons (Fsp3) is 0.364. The molecule has 0 saturated carbocycles. The number of nitrogens with zero attached hydrogens (tertiary/aromatic N) is 1. The second-order valence-corrected chi connectivity index (χ2v) is 3.50. The van der Waals surface area contributed by atoms with Crippen molar-refractivity contribution in [2.24, 2.45) is 0 Å². The zero-order chi connectivity index (χ0) is 12.8. The molecule has 0 aliphatic heterocycles. The summed E-state index contributed by atoms with van der Waals surface area (Å²) in [5.41, 5.74) is 0.638. The lowest BCUT2D eigenvalue weighted by Gasteiger charge is -2.07. The van der Waals surface area contributed by atoms with Crippen molar-refractivity contribution < 1.29 is 19.6 Å². The molecule has 0 bridgehead atoms. The van der Waals surface area contributed by atoms with Gasteiger partial charge in [-0.1, -0.05) is 0 Å². The molecule has 17 heavy (non-hydrogen) atoms. The Balaban J connectivity index is 2.82. The van der Waals surface area contributed by atoms with Gasteiger partial charge < -0.3 is 9.84 Å². The molecule has 0 unspecified atom stereocenters. The van der Waals surface area contributed by atoms with Crippen molar-refractivity contribution in [3.05, 3.63) is 33.9 Å². The number of rotatable bonds is 6. The summed E-state index contributed by atoms with van der Waals surface area (Å²) in [6.45, 7) is 0. The SMILES string of the molecule is COc1ccc([N+](=O)[O-])cc1CCCC(=O)O. The van der Waals surface area contributed by atoms with E-state index in [4.69, 9.17) is 9.84 Å². The van der Waals surface area contributed by atoms with Crippen LogP contribution in [0.1, 0.15) is 18.4 Å². The van der Waals surface area contributed by atoms with Gasteiger partial charge in [0.05, 0.1) is 12.0 Å². The van der Waals surface area contributed by atoms with E-state index in [-0.39, 0.29) is 12.1 Å². The summed E-state index contributed by atoms with van der Waals surface area (Å²) in [6, 6.07) is 4.30. The summed E-state index contributed by atoms with van der Waals surface area (Å²) in [7, 11) is 1.47. The standard InChI is InChI=1S/C11H13NO5/c1-17-10-6-5-9(12(15)16)7-8(10)3-2-4-11(13)14/h5-7H,2-4H2,1H3,(H,13,14). The average Bonchev–Trinajstić information content (AvgIpc) is 2.28. The third-order valence-electron chi connectivity index (χ3n) is 2.31. The van der Waals surface area contributed by atoms with E-state index < -0.39 is 10.9 Å². The highest BCUT2D eigenvalue weighted by atomic mass is 16.6. The zero-order valence-electron chi connectivity index (χ0n) is 9.38. The maximum atomic E-state index is 10.6. The van der Waals surface area contributed by atoms with Gasteiger partial charge in [0.25, 0.3) is 5.69 Å². The Kier molecular flexibility index (Phi) is 4.45. The average molecular weight is 239 g/mol. The van der Waals surface area contributed by atoms with Crippen LogP contribution in [0, 0.1) is 10.1 Å². The second kappa shape index (κ2) is 5.83. The van der Waals surface area contributed by atoms with E-state index in [0.717, 1.165) is 0 Å². The number of benzene rings is 1. The molecule has 6 nitrogen and oxygen atoms in total. The number of nitro benzene ring substituents is 1. The summed E-state index contributed by atoms with van der Waals surface area (Å²) in [5.74, 6) is -0.338. The summed E-state index contributed by atoms with van der Waals surface area (Å²) < 4.78 is 5.07. The van der Waals surface area contributed by atoms with Crippen LogP contribution in [0.4, 0.5) is 5.69 Å². The number of hydrogen-bond acceptors (Lipinski definition) is 4. The molecular weight excluding hydrogens is 226 g/mol. The minimum atomic E-state index is -0.880. The molecular formula is C11H13NO5. The van der Waals surface area contributed by atoms with Crippen LogP contribution in [0.5, 0.6) is 5.75 Å². The highest BCUT2D eigenvalue weighted by Gasteiger charge is 2.11. The van der Waals surface area contributed by atoms with Crippen molar-refractivity contribution >= 4 is 11.7 Å². The number of carboxylic acids is 1. The van der Waals surface area contributed by atoms with E-state index in [9.17, 15) is 14.9 Å². The molecule has 0 amide bonds. The molecule has 6 heteroatoms. The first-order valence-electron chi connectivity index (χ1n) is 5.07. The van der Waals surface area contributed by atoms with Crippen molar-refractivity contribution in [3.8, 4) is 5.75 Å². The molecule has 0 heterocycles. The molecule has 0 aliphatic rings. The fourth-order valence-electron chi connectivity index (χ4n) is 1.50. The maximum Gasteiger partial charge on any atom is 0.303 e. The highest BCUT2D eigenvalue weighted by Crippen LogP contribution is 2.25. The van der Waals surface area contributed by atoms with E-state index in [1.165, 1.54) is 25.3 Å². The first kappa shape index (κ1) is 13.0. The second-order valence-electron chi connectivity index (χ2n) is 3.50. The number of non-ortho nitro benzene ring substituents is 1. The van der Waals surface area contributed by atoms with Crippen molar-refractivity contribution in [3.63, 3.8) is 0 Å². The van der Waals surface area contributed by atoms with Crippen molar-refractivity contribution in [1.29, 1.82) is 0 Å². The van der Waals surface area contributed by atoms with Gasteiger partial charge in [-0.3, -0.25) is 14.9 Å². The Hall–Kier alpha value is -2.11. The maximum absolute atomic E-state index is 10.6. The summed E-state index contributed by atoms with van der Waals surface area (Å²) in [4.78, 5) is 20.5. The third kappa shape index (κ3) is 3.75. The number of aliphatic carboxylic acids is 1. The molecule has 0 fully saturated rings. The minimum absolute atomic E-state index is 0.0175. The predicted octanol–water partition coefficient (Wildman–Crippen LogP) is 2.01. The lowest BCUT2D eigenvalue weighted by atomic mass is 10.1. The van der Waals surface area contributed by atoms with Crippen LogP contribution in [-0.4, -0.2) is 23.1 Å². The van der Waals surface area contributed by atoms with Gasteiger partial charge in [-0.05, 0) is 18.9 Å². The van der Waals surface area contributed by atoms with Gasteiger partial charge in [0.1, 0.15) is 5.75 Å². The van der Waals surface area contributed by atoms with Crippen molar-refractivity contribution in [1.82, 2.24) is 0 Å². The number of nitro groups is 1. The van der Waals surface area contributed by atoms with E-state index in [1.807, 2.05) is 0 Å². The monoisotopic (exact) mass is 239 g/mol. The van der Waals surface area contributed by atoms with E-state index in [2.05, 4.69) is 0 Å². The molecule has 1 rings (SSSR count). The molecule has 0 saturated heterocycles. The van der Waals surface area contributed by atoms with Gasteiger partial charge in [-0.15, -0.1) is 0 Å². The Morgan fingerprint density at radius 3 is 2.76 bits per heavy atom. The number of carboxylic acid groups (broad SMARTS) is 1. The Bertz CT molecular complexity index is 430. The molecule has 0 spiro atoms. The van der Waals surface area contributed by atoms with Gasteiger partial charge in [-0.25, -0.2) is 0 Å². The van der Waals surface area contributed by atoms with Crippen LogP contribution in [0.2, 0.25) is 0 Å². The molecule has 0 radical (unpaired) electrons. The Morgan fingerprint density at radius 1 is 1.53 bits per heavy atom. The van der Waals surface area contributed by atoms with E-state index >= 15 is 0 Å². The lowest BCUT2D eigenvalue weighted by molar-refractivity contribution is -0.384. The van der Waals surface area contributed by atoms with Gasteiger partial charge in [-0.2, -0.15) is 0 Å². The molecule has 0 atom stereocenters. The number of methoxy groups -OCH3 is 1. The first-order valence-corrected chi connectivity index (χ1v) is 5.07. The molecule has 1 aromatic carbocycles. The molecule has 0 aliphatic carbocycles. The summed E-state index contributed by atoms with van der Waals surface area (Å²) in [5, 5.41) is 19.1. The van der Waals surface area contributed by atoms with E-state index in [1.54, 1.807) is 0 Å². The third-order valence-corrected chi connectivity index (χ3v) is 2.31. The first-order chi connectivity index (χ1) is 8.04. The summed E-state index contributed by atoms with van der Waals surface area (Å²) >= 11 is 0. The van der Waals surface area contributed by atoms with Gasteiger partial charge in [0.15, 0.2) is 0 Å². The molecule has 0 aromatic heterocycles.